The lowest BCUT2D eigenvalue weighted by molar-refractivity contribution is 0.958. The van der Waals surface area contributed by atoms with E-state index in [1.165, 1.54) is 0 Å². The van der Waals surface area contributed by atoms with Crippen molar-refractivity contribution in [1.29, 1.82) is 0 Å². The van der Waals surface area contributed by atoms with Gasteiger partial charge in [0.25, 0.3) is 0 Å². The molecule has 0 amide bonds. The maximum Gasteiger partial charge on any atom is 0.0950 e. The van der Waals surface area contributed by atoms with Gasteiger partial charge in [-0.3, -0.25) is 4.98 Å². The molecule has 0 saturated carbocycles. The van der Waals surface area contributed by atoms with Crippen LogP contribution in [0.1, 0.15) is 5.69 Å². The molecule has 4 nitrogen and oxygen atoms in total. The molecule has 0 spiro atoms. The second-order valence-corrected chi connectivity index (χ2v) is 4.27. The van der Waals surface area contributed by atoms with Gasteiger partial charge >= 0.3 is 0 Å². The lowest BCUT2D eigenvalue weighted by Gasteiger charge is -2.08. The number of nitrogens with zero attached hydrogens (tertiary/aromatic N) is 3. The molecule has 1 aromatic carbocycles. The molecular weight excluding hydrogens is 236 g/mol. The first-order valence-corrected chi connectivity index (χ1v) is 6.28. The monoisotopic (exact) mass is 250 g/mol. The second-order valence-electron chi connectivity index (χ2n) is 4.27. The summed E-state index contributed by atoms with van der Waals surface area (Å²) < 4.78 is 0. The van der Waals surface area contributed by atoms with E-state index in [4.69, 9.17) is 0 Å². The highest BCUT2D eigenvalue weighted by atomic mass is 15.1. The standard InChI is InChI=1S/C15H14N4/c1-2-7-14-13(6-1)15(11-18-19-14)17-10-8-12-5-3-4-9-16-12/h1-7,9,11H,8,10H2,(H,17,19). The van der Waals surface area contributed by atoms with Gasteiger partial charge in [0.2, 0.25) is 0 Å². The van der Waals surface area contributed by atoms with Gasteiger partial charge in [-0.25, -0.2) is 0 Å². The second kappa shape index (κ2) is 5.44. The largest absolute Gasteiger partial charge is 0.383 e. The van der Waals surface area contributed by atoms with Crippen molar-refractivity contribution in [2.45, 2.75) is 6.42 Å². The van der Waals surface area contributed by atoms with Gasteiger partial charge in [-0.05, 0) is 18.2 Å². The third-order valence-corrected chi connectivity index (χ3v) is 2.97. The molecule has 2 heterocycles. The fourth-order valence-electron chi connectivity index (χ4n) is 2.02. The smallest absolute Gasteiger partial charge is 0.0950 e. The van der Waals surface area contributed by atoms with Crippen LogP contribution in [0.3, 0.4) is 0 Å². The number of benzene rings is 1. The summed E-state index contributed by atoms with van der Waals surface area (Å²) in [5.41, 5.74) is 3.01. The summed E-state index contributed by atoms with van der Waals surface area (Å²) in [6, 6.07) is 14.0. The fourth-order valence-corrected chi connectivity index (χ4v) is 2.02. The topological polar surface area (TPSA) is 50.7 Å². The first-order chi connectivity index (χ1) is 9.43. The van der Waals surface area contributed by atoms with E-state index in [1.54, 1.807) is 6.20 Å². The molecule has 0 aliphatic rings. The third kappa shape index (κ3) is 2.68. The molecule has 0 aliphatic carbocycles. The number of aromatic nitrogens is 3. The van der Waals surface area contributed by atoms with Crippen LogP contribution in [0.15, 0.2) is 54.9 Å². The minimum absolute atomic E-state index is 0.826. The summed E-state index contributed by atoms with van der Waals surface area (Å²) in [6.45, 7) is 0.826. The zero-order valence-electron chi connectivity index (χ0n) is 10.5. The van der Waals surface area contributed by atoms with Gasteiger partial charge in [-0.15, -0.1) is 0 Å². The number of nitrogens with one attached hydrogen (secondary N) is 1. The van der Waals surface area contributed by atoms with Crippen LogP contribution in [0.4, 0.5) is 5.69 Å². The number of anilines is 1. The van der Waals surface area contributed by atoms with Crippen LogP contribution in [-0.4, -0.2) is 21.7 Å². The third-order valence-electron chi connectivity index (χ3n) is 2.97. The van der Waals surface area contributed by atoms with Gasteiger partial charge in [0.15, 0.2) is 0 Å². The Morgan fingerprint density at radius 3 is 2.79 bits per heavy atom. The van der Waals surface area contributed by atoms with E-state index >= 15 is 0 Å². The van der Waals surface area contributed by atoms with E-state index in [-0.39, 0.29) is 0 Å². The number of rotatable bonds is 4. The quantitative estimate of drug-likeness (QED) is 0.773. The van der Waals surface area contributed by atoms with Crippen LogP contribution >= 0.6 is 0 Å². The molecule has 0 aliphatic heterocycles. The number of hydrogen-bond donors (Lipinski definition) is 1. The van der Waals surface area contributed by atoms with Crippen molar-refractivity contribution in [3.05, 3.63) is 60.6 Å². The number of hydrogen-bond acceptors (Lipinski definition) is 4. The number of pyridine rings is 1. The zero-order valence-corrected chi connectivity index (χ0v) is 10.5. The lowest BCUT2D eigenvalue weighted by Crippen LogP contribution is -2.06. The van der Waals surface area contributed by atoms with Crippen molar-refractivity contribution in [2.24, 2.45) is 0 Å². The van der Waals surface area contributed by atoms with Gasteiger partial charge in [0, 0.05) is 30.2 Å². The van der Waals surface area contributed by atoms with E-state index in [0.717, 1.165) is 35.2 Å². The Morgan fingerprint density at radius 2 is 1.89 bits per heavy atom. The van der Waals surface area contributed by atoms with E-state index in [2.05, 4.69) is 20.5 Å². The Hall–Kier alpha value is -2.49. The first-order valence-electron chi connectivity index (χ1n) is 6.28. The summed E-state index contributed by atoms with van der Waals surface area (Å²) in [5, 5.41) is 12.6. The molecule has 0 radical (unpaired) electrons. The normalized spacial score (nSPS) is 10.5. The van der Waals surface area contributed by atoms with Gasteiger partial charge in [0.1, 0.15) is 0 Å². The molecule has 0 unspecified atom stereocenters. The summed E-state index contributed by atoms with van der Waals surface area (Å²) in [5.74, 6) is 0. The molecule has 3 aromatic rings. The molecule has 19 heavy (non-hydrogen) atoms. The van der Waals surface area contributed by atoms with Gasteiger partial charge in [0.05, 0.1) is 17.4 Å². The lowest BCUT2D eigenvalue weighted by atomic mass is 10.2. The van der Waals surface area contributed by atoms with Crippen LogP contribution < -0.4 is 5.32 Å². The minimum atomic E-state index is 0.826. The maximum atomic E-state index is 4.30. The molecule has 2 aromatic heterocycles. The van der Waals surface area contributed by atoms with Crippen LogP contribution in [0.25, 0.3) is 10.9 Å². The first kappa shape index (κ1) is 11.6. The average molecular weight is 250 g/mol. The Bertz CT molecular complexity index is 662. The van der Waals surface area contributed by atoms with Crippen LogP contribution in [0.2, 0.25) is 0 Å². The van der Waals surface area contributed by atoms with Gasteiger partial charge < -0.3 is 5.32 Å². The molecule has 4 heteroatoms. The molecule has 3 rings (SSSR count). The van der Waals surface area contributed by atoms with Crippen molar-refractivity contribution in [3.63, 3.8) is 0 Å². The predicted octanol–water partition coefficient (Wildman–Crippen LogP) is 2.68. The van der Waals surface area contributed by atoms with Crippen molar-refractivity contribution in [1.82, 2.24) is 15.2 Å². The van der Waals surface area contributed by atoms with Crippen LogP contribution in [0, 0.1) is 0 Å². The maximum absolute atomic E-state index is 4.30. The number of fused-ring (bicyclic) bond motifs is 1. The summed E-state index contributed by atoms with van der Waals surface area (Å²) >= 11 is 0. The van der Waals surface area contributed by atoms with E-state index in [0.29, 0.717) is 0 Å². The molecule has 0 atom stereocenters. The highest BCUT2D eigenvalue weighted by Gasteiger charge is 2.01. The van der Waals surface area contributed by atoms with E-state index in [9.17, 15) is 0 Å². The molecule has 1 N–H and O–H groups in total. The van der Waals surface area contributed by atoms with Crippen molar-refractivity contribution in [3.8, 4) is 0 Å². The Kier molecular flexibility index (Phi) is 3.32. The van der Waals surface area contributed by atoms with Crippen LogP contribution in [-0.2, 0) is 6.42 Å². The highest BCUT2D eigenvalue weighted by Crippen LogP contribution is 2.19. The molecular formula is C15H14N4. The highest BCUT2D eigenvalue weighted by molar-refractivity contribution is 5.90. The average Bonchev–Trinajstić information content (AvgIpc) is 2.49. The van der Waals surface area contributed by atoms with Gasteiger partial charge in [-0.1, -0.05) is 24.3 Å². The van der Waals surface area contributed by atoms with Crippen molar-refractivity contribution >= 4 is 16.6 Å². The molecule has 0 fully saturated rings. The van der Waals surface area contributed by atoms with Crippen LogP contribution in [0.5, 0.6) is 0 Å². The van der Waals surface area contributed by atoms with E-state index in [1.807, 2.05) is 48.7 Å². The van der Waals surface area contributed by atoms with Gasteiger partial charge in [-0.2, -0.15) is 10.2 Å². The predicted molar refractivity (Wildman–Crippen MR) is 76.0 cm³/mol. The van der Waals surface area contributed by atoms with Crippen molar-refractivity contribution < 1.29 is 0 Å². The van der Waals surface area contributed by atoms with E-state index < -0.39 is 0 Å². The molecule has 0 saturated heterocycles. The Balaban J connectivity index is 1.72. The zero-order chi connectivity index (χ0) is 12.9. The summed E-state index contributed by atoms with van der Waals surface area (Å²) in [7, 11) is 0. The SMILES string of the molecule is c1ccc(CCNc2cnnc3ccccc23)nc1. The minimum Gasteiger partial charge on any atom is -0.383 e. The summed E-state index contributed by atoms with van der Waals surface area (Å²) in [6.07, 6.45) is 4.47. The molecule has 0 bridgehead atoms. The Labute approximate surface area is 111 Å². The molecule has 94 valence electrons. The fraction of sp³-hybridized carbons (Fsp3) is 0.133. The summed E-state index contributed by atoms with van der Waals surface area (Å²) in [4.78, 5) is 4.30. The van der Waals surface area contributed by atoms with Crippen molar-refractivity contribution in [2.75, 3.05) is 11.9 Å². The Morgan fingerprint density at radius 1 is 1.00 bits per heavy atom.